The van der Waals surface area contributed by atoms with E-state index in [1.54, 1.807) is 24.3 Å². The Hall–Kier alpha value is -1.65. The number of carbonyl (C=O) groups excluding carboxylic acids is 1. The SMILES string of the molecule is C=C.Nc1ccc(C=O)cc1.OCCO. The smallest absolute Gasteiger partial charge is 0.150 e. The van der Waals surface area contributed by atoms with Gasteiger partial charge in [-0.2, -0.15) is 0 Å². The van der Waals surface area contributed by atoms with Gasteiger partial charge >= 0.3 is 0 Å². The van der Waals surface area contributed by atoms with E-state index in [0.717, 1.165) is 6.29 Å². The van der Waals surface area contributed by atoms with Crippen molar-refractivity contribution in [1.82, 2.24) is 0 Å². The van der Waals surface area contributed by atoms with E-state index in [0.29, 0.717) is 11.3 Å². The van der Waals surface area contributed by atoms with E-state index < -0.39 is 0 Å². The molecule has 15 heavy (non-hydrogen) atoms. The Morgan fingerprint density at radius 3 is 1.80 bits per heavy atom. The van der Waals surface area contributed by atoms with Gasteiger partial charge in [-0.25, -0.2) is 0 Å². The molecule has 0 fully saturated rings. The molecule has 0 aliphatic rings. The van der Waals surface area contributed by atoms with Crippen molar-refractivity contribution in [3.63, 3.8) is 0 Å². The molecule has 0 heterocycles. The van der Waals surface area contributed by atoms with Crippen molar-refractivity contribution < 1.29 is 15.0 Å². The first-order valence-corrected chi connectivity index (χ1v) is 4.27. The second kappa shape index (κ2) is 12.3. The van der Waals surface area contributed by atoms with Gasteiger partial charge in [0, 0.05) is 11.3 Å². The largest absolute Gasteiger partial charge is 0.399 e. The molecule has 4 N–H and O–H groups in total. The summed E-state index contributed by atoms with van der Waals surface area (Å²) < 4.78 is 0. The van der Waals surface area contributed by atoms with E-state index in [9.17, 15) is 4.79 Å². The number of aliphatic hydroxyl groups excluding tert-OH is 2. The van der Waals surface area contributed by atoms with E-state index in [2.05, 4.69) is 13.2 Å². The van der Waals surface area contributed by atoms with Crippen LogP contribution in [0.15, 0.2) is 37.4 Å². The fourth-order valence-corrected chi connectivity index (χ4v) is 0.575. The molecule has 0 saturated heterocycles. The maximum atomic E-state index is 10.1. The lowest BCUT2D eigenvalue weighted by molar-refractivity contribution is 0.112. The molecule has 0 radical (unpaired) electrons. The molecule has 0 amide bonds. The summed E-state index contributed by atoms with van der Waals surface area (Å²) in [5, 5.41) is 15.2. The van der Waals surface area contributed by atoms with Crippen LogP contribution in [0.25, 0.3) is 0 Å². The predicted octanol–water partition coefficient (Wildman–Crippen LogP) is 0.855. The lowest BCUT2D eigenvalue weighted by Crippen LogP contribution is -1.85. The number of rotatable bonds is 2. The highest BCUT2D eigenvalue weighted by Gasteiger charge is 1.85. The van der Waals surface area contributed by atoms with Crippen LogP contribution in [0.2, 0.25) is 0 Å². The summed E-state index contributed by atoms with van der Waals surface area (Å²) in [6.45, 7) is 5.75. The Kier molecular flexibility index (Phi) is 13.0. The molecule has 0 bridgehead atoms. The number of aliphatic hydroxyl groups is 2. The molecule has 0 aliphatic heterocycles. The van der Waals surface area contributed by atoms with Crippen LogP contribution >= 0.6 is 0 Å². The van der Waals surface area contributed by atoms with Gasteiger partial charge in [0.15, 0.2) is 0 Å². The van der Waals surface area contributed by atoms with Crippen LogP contribution in [0.4, 0.5) is 5.69 Å². The van der Waals surface area contributed by atoms with Gasteiger partial charge in [0.2, 0.25) is 0 Å². The zero-order valence-electron chi connectivity index (χ0n) is 8.60. The van der Waals surface area contributed by atoms with Crippen LogP contribution < -0.4 is 5.73 Å². The molecule has 1 aromatic rings. The van der Waals surface area contributed by atoms with Crippen molar-refractivity contribution in [2.24, 2.45) is 0 Å². The van der Waals surface area contributed by atoms with Gasteiger partial charge in [-0.3, -0.25) is 4.79 Å². The molecule has 1 aromatic carbocycles. The highest BCUT2D eigenvalue weighted by molar-refractivity contribution is 5.75. The van der Waals surface area contributed by atoms with E-state index in [1.165, 1.54) is 0 Å². The van der Waals surface area contributed by atoms with E-state index in [1.807, 2.05) is 0 Å². The zero-order chi connectivity index (χ0) is 12.1. The summed E-state index contributed by atoms with van der Waals surface area (Å²) >= 11 is 0. The van der Waals surface area contributed by atoms with E-state index >= 15 is 0 Å². The molecule has 0 unspecified atom stereocenters. The van der Waals surface area contributed by atoms with Gasteiger partial charge in [0.1, 0.15) is 6.29 Å². The first-order valence-electron chi connectivity index (χ1n) is 4.27. The normalized spacial score (nSPS) is 7.60. The number of carbonyl (C=O) groups is 1. The average molecular weight is 211 g/mol. The zero-order valence-corrected chi connectivity index (χ0v) is 8.60. The molecule has 84 valence electrons. The summed E-state index contributed by atoms with van der Waals surface area (Å²) in [5.41, 5.74) is 6.70. The maximum Gasteiger partial charge on any atom is 0.150 e. The summed E-state index contributed by atoms with van der Waals surface area (Å²) in [6.07, 6.45) is 0.791. The van der Waals surface area contributed by atoms with Gasteiger partial charge in [-0.05, 0) is 24.3 Å². The third kappa shape index (κ3) is 10.3. The summed E-state index contributed by atoms with van der Waals surface area (Å²) in [4.78, 5) is 10.1. The Labute approximate surface area is 89.7 Å². The second-order valence-electron chi connectivity index (χ2n) is 2.23. The monoisotopic (exact) mass is 211 g/mol. The quantitative estimate of drug-likeness (QED) is 0.385. The molecular formula is C11H17NO3. The third-order valence-electron chi connectivity index (χ3n) is 1.17. The summed E-state index contributed by atoms with van der Waals surface area (Å²) in [6, 6.07) is 6.76. The van der Waals surface area contributed by atoms with Crippen molar-refractivity contribution in [3.8, 4) is 0 Å². The molecule has 0 aromatic heterocycles. The van der Waals surface area contributed by atoms with E-state index in [-0.39, 0.29) is 13.2 Å². The Bertz CT molecular complexity index is 245. The number of benzene rings is 1. The van der Waals surface area contributed by atoms with Crippen molar-refractivity contribution in [1.29, 1.82) is 0 Å². The van der Waals surface area contributed by atoms with Crippen LogP contribution in [-0.2, 0) is 0 Å². The molecule has 0 atom stereocenters. The van der Waals surface area contributed by atoms with Crippen LogP contribution in [0.1, 0.15) is 10.4 Å². The number of anilines is 1. The number of aldehydes is 1. The lowest BCUT2D eigenvalue weighted by Gasteiger charge is -1.89. The third-order valence-corrected chi connectivity index (χ3v) is 1.17. The second-order valence-corrected chi connectivity index (χ2v) is 2.23. The molecule has 0 saturated carbocycles. The molecule has 4 heteroatoms. The molecule has 0 spiro atoms. The van der Waals surface area contributed by atoms with Crippen molar-refractivity contribution in [3.05, 3.63) is 43.0 Å². The number of hydrogen-bond donors (Lipinski definition) is 3. The van der Waals surface area contributed by atoms with Crippen molar-refractivity contribution in [2.45, 2.75) is 0 Å². The minimum Gasteiger partial charge on any atom is -0.399 e. The predicted molar refractivity (Wildman–Crippen MR) is 61.7 cm³/mol. The fourth-order valence-electron chi connectivity index (χ4n) is 0.575. The van der Waals surface area contributed by atoms with Gasteiger partial charge < -0.3 is 15.9 Å². The summed E-state index contributed by atoms with van der Waals surface area (Å²) in [7, 11) is 0. The number of hydrogen-bond acceptors (Lipinski definition) is 4. The van der Waals surface area contributed by atoms with Gasteiger partial charge in [-0.1, -0.05) is 0 Å². The Balaban J connectivity index is 0. The highest BCUT2D eigenvalue weighted by Crippen LogP contribution is 2.01. The first kappa shape index (κ1) is 15.8. The number of nitrogen functional groups attached to an aromatic ring is 1. The Morgan fingerprint density at radius 1 is 1.13 bits per heavy atom. The number of nitrogens with two attached hydrogens (primary N) is 1. The van der Waals surface area contributed by atoms with Crippen LogP contribution in [0.3, 0.4) is 0 Å². The highest BCUT2D eigenvalue weighted by atomic mass is 16.3. The Morgan fingerprint density at radius 2 is 1.53 bits per heavy atom. The molecular weight excluding hydrogens is 194 g/mol. The van der Waals surface area contributed by atoms with Gasteiger partial charge in [0.25, 0.3) is 0 Å². The van der Waals surface area contributed by atoms with E-state index in [4.69, 9.17) is 15.9 Å². The maximum absolute atomic E-state index is 10.1. The average Bonchev–Trinajstić information content (AvgIpc) is 2.33. The van der Waals surface area contributed by atoms with Crippen LogP contribution in [-0.4, -0.2) is 29.7 Å². The summed E-state index contributed by atoms with van der Waals surface area (Å²) in [5.74, 6) is 0. The minimum absolute atomic E-state index is 0.125. The fraction of sp³-hybridized carbons (Fsp3) is 0.182. The van der Waals surface area contributed by atoms with Crippen molar-refractivity contribution in [2.75, 3.05) is 18.9 Å². The standard InChI is InChI=1S/C7H7NO.C2H6O2.C2H4/c8-7-3-1-6(5-9)2-4-7;3-1-2-4;1-2/h1-5H,8H2;3-4H,1-2H2;1-2H2. The topological polar surface area (TPSA) is 83.6 Å². The van der Waals surface area contributed by atoms with Gasteiger partial charge in [-0.15, -0.1) is 13.2 Å². The first-order chi connectivity index (χ1) is 7.24. The van der Waals surface area contributed by atoms with Gasteiger partial charge in [0.05, 0.1) is 13.2 Å². The van der Waals surface area contributed by atoms with Crippen LogP contribution in [0, 0.1) is 0 Å². The molecule has 4 nitrogen and oxygen atoms in total. The van der Waals surface area contributed by atoms with Crippen LogP contribution in [0.5, 0.6) is 0 Å². The van der Waals surface area contributed by atoms with Crippen molar-refractivity contribution >= 4 is 12.0 Å². The molecule has 1 rings (SSSR count). The molecule has 0 aliphatic carbocycles. The lowest BCUT2D eigenvalue weighted by atomic mass is 10.2. The minimum atomic E-state index is -0.125.